The summed E-state index contributed by atoms with van der Waals surface area (Å²) in [6.07, 6.45) is 6.15. The van der Waals surface area contributed by atoms with Crippen molar-refractivity contribution in [1.29, 1.82) is 0 Å². The molecule has 2 atom stereocenters. The molecule has 0 radical (unpaired) electrons. The lowest BCUT2D eigenvalue weighted by atomic mass is 9.82. The minimum atomic E-state index is -0.109. The molecule has 1 aliphatic carbocycles. The number of hydrogen-bond donors (Lipinski definition) is 0. The van der Waals surface area contributed by atoms with E-state index in [1.807, 2.05) is 0 Å². The average molecular weight is 224 g/mol. The van der Waals surface area contributed by atoms with Gasteiger partial charge in [0.1, 0.15) is 5.78 Å². The minimum Gasteiger partial charge on any atom is -0.378 e. The van der Waals surface area contributed by atoms with Crippen LogP contribution in [0.3, 0.4) is 0 Å². The van der Waals surface area contributed by atoms with E-state index >= 15 is 0 Å². The molecule has 1 saturated carbocycles. The van der Waals surface area contributed by atoms with Gasteiger partial charge in [-0.3, -0.25) is 4.79 Å². The second-order valence-electron chi connectivity index (χ2n) is 5.64. The molecule has 0 amide bonds. The number of carbonyl (C=O) groups is 1. The highest BCUT2D eigenvalue weighted by Gasteiger charge is 2.43. The van der Waals surface area contributed by atoms with E-state index in [2.05, 4.69) is 0 Å². The van der Waals surface area contributed by atoms with E-state index in [1.54, 1.807) is 0 Å². The van der Waals surface area contributed by atoms with Crippen molar-refractivity contribution in [2.75, 3.05) is 19.8 Å². The Morgan fingerprint density at radius 3 is 2.81 bits per heavy atom. The van der Waals surface area contributed by atoms with Gasteiger partial charge in [0.05, 0.1) is 12.2 Å². The molecule has 3 heteroatoms. The SMILES string of the molecule is O=C(CC1CC1)C1CCOC2(CCOC2)C1. The third kappa shape index (κ3) is 2.16. The first-order valence-electron chi connectivity index (χ1n) is 6.52. The molecule has 90 valence electrons. The molecule has 0 aromatic rings. The molecule has 1 spiro atoms. The van der Waals surface area contributed by atoms with Crippen molar-refractivity contribution in [2.24, 2.45) is 11.8 Å². The molecule has 0 bridgehead atoms. The monoisotopic (exact) mass is 224 g/mol. The molecule has 3 rings (SSSR count). The van der Waals surface area contributed by atoms with Gasteiger partial charge in [-0.1, -0.05) is 0 Å². The summed E-state index contributed by atoms with van der Waals surface area (Å²) in [7, 11) is 0. The molecule has 2 heterocycles. The molecule has 0 aromatic heterocycles. The summed E-state index contributed by atoms with van der Waals surface area (Å²) in [6, 6.07) is 0. The van der Waals surface area contributed by atoms with Crippen molar-refractivity contribution >= 4 is 5.78 Å². The van der Waals surface area contributed by atoms with Gasteiger partial charge in [0.15, 0.2) is 0 Å². The van der Waals surface area contributed by atoms with Crippen LogP contribution in [-0.2, 0) is 14.3 Å². The van der Waals surface area contributed by atoms with Gasteiger partial charge in [0.2, 0.25) is 0 Å². The first-order chi connectivity index (χ1) is 7.77. The van der Waals surface area contributed by atoms with Crippen LogP contribution < -0.4 is 0 Å². The first-order valence-corrected chi connectivity index (χ1v) is 6.52. The van der Waals surface area contributed by atoms with E-state index in [1.165, 1.54) is 12.8 Å². The van der Waals surface area contributed by atoms with Crippen molar-refractivity contribution in [3.8, 4) is 0 Å². The smallest absolute Gasteiger partial charge is 0.136 e. The number of carbonyl (C=O) groups excluding carboxylic acids is 1. The molecule has 3 aliphatic rings. The summed E-state index contributed by atoms with van der Waals surface area (Å²) in [6.45, 7) is 2.23. The Morgan fingerprint density at radius 1 is 1.25 bits per heavy atom. The molecular weight excluding hydrogens is 204 g/mol. The lowest BCUT2D eigenvalue weighted by molar-refractivity contribution is -0.137. The van der Waals surface area contributed by atoms with Crippen LogP contribution in [0, 0.1) is 11.8 Å². The summed E-state index contributed by atoms with van der Waals surface area (Å²) < 4.78 is 11.3. The van der Waals surface area contributed by atoms with E-state index in [0.717, 1.165) is 38.9 Å². The zero-order chi connectivity index (χ0) is 11.0. The number of Topliss-reactive ketones (excluding diaryl/α,β-unsaturated/α-hetero) is 1. The van der Waals surface area contributed by atoms with Crippen molar-refractivity contribution in [2.45, 2.75) is 44.1 Å². The first kappa shape index (κ1) is 10.7. The standard InChI is InChI=1S/C13H20O3/c14-12(7-10-1-2-10)11-3-5-16-13(8-11)4-6-15-9-13/h10-11H,1-9H2. The van der Waals surface area contributed by atoms with E-state index < -0.39 is 0 Å². The fraction of sp³-hybridized carbons (Fsp3) is 0.923. The Labute approximate surface area is 96.5 Å². The van der Waals surface area contributed by atoms with Crippen LogP contribution in [-0.4, -0.2) is 31.2 Å². The van der Waals surface area contributed by atoms with Crippen LogP contribution in [0.1, 0.15) is 38.5 Å². The number of rotatable bonds is 3. The van der Waals surface area contributed by atoms with E-state index in [-0.39, 0.29) is 11.5 Å². The largest absolute Gasteiger partial charge is 0.378 e. The summed E-state index contributed by atoms with van der Waals surface area (Å²) in [5.41, 5.74) is -0.109. The normalized spacial score (nSPS) is 39.1. The Hall–Kier alpha value is -0.410. The van der Waals surface area contributed by atoms with Crippen LogP contribution in [0.4, 0.5) is 0 Å². The molecule has 0 N–H and O–H groups in total. The highest BCUT2D eigenvalue weighted by Crippen LogP contribution is 2.39. The summed E-state index contributed by atoms with van der Waals surface area (Å²) in [5, 5.41) is 0. The van der Waals surface area contributed by atoms with Gasteiger partial charge in [-0.25, -0.2) is 0 Å². The third-order valence-corrected chi connectivity index (χ3v) is 4.20. The molecule has 2 aliphatic heterocycles. The van der Waals surface area contributed by atoms with Crippen molar-refractivity contribution < 1.29 is 14.3 Å². The van der Waals surface area contributed by atoms with Gasteiger partial charge < -0.3 is 9.47 Å². The quantitative estimate of drug-likeness (QED) is 0.735. The molecule has 2 saturated heterocycles. The van der Waals surface area contributed by atoms with Crippen LogP contribution in [0.2, 0.25) is 0 Å². The maximum Gasteiger partial charge on any atom is 0.136 e. The van der Waals surface area contributed by atoms with Crippen molar-refractivity contribution in [1.82, 2.24) is 0 Å². The Kier molecular flexibility index (Phi) is 2.76. The lowest BCUT2D eigenvalue weighted by Gasteiger charge is -2.36. The predicted molar refractivity (Wildman–Crippen MR) is 59.2 cm³/mol. The van der Waals surface area contributed by atoms with Crippen molar-refractivity contribution in [3.05, 3.63) is 0 Å². The maximum atomic E-state index is 12.1. The summed E-state index contributed by atoms with van der Waals surface area (Å²) in [5.74, 6) is 1.44. The highest BCUT2D eigenvalue weighted by atomic mass is 16.6. The summed E-state index contributed by atoms with van der Waals surface area (Å²) >= 11 is 0. The van der Waals surface area contributed by atoms with E-state index in [4.69, 9.17) is 9.47 Å². The third-order valence-electron chi connectivity index (χ3n) is 4.20. The van der Waals surface area contributed by atoms with Gasteiger partial charge in [0.25, 0.3) is 0 Å². The molecule has 3 nitrogen and oxygen atoms in total. The fourth-order valence-electron chi connectivity index (χ4n) is 2.94. The number of hydrogen-bond acceptors (Lipinski definition) is 3. The average Bonchev–Trinajstić information content (AvgIpc) is 3.00. The zero-order valence-electron chi connectivity index (χ0n) is 9.74. The zero-order valence-corrected chi connectivity index (χ0v) is 9.74. The van der Waals surface area contributed by atoms with Crippen LogP contribution >= 0.6 is 0 Å². The van der Waals surface area contributed by atoms with E-state index in [9.17, 15) is 4.79 Å². The highest BCUT2D eigenvalue weighted by molar-refractivity contribution is 5.81. The predicted octanol–water partition coefficient (Wildman–Crippen LogP) is 1.94. The maximum absolute atomic E-state index is 12.1. The fourth-order valence-corrected chi connectivity index (χ4v) is 2.94. The Balaban J connectivity index is 1.60. The topological polar surface area (TPSA) is 35.5 Å². The van der Waals surface area contributed by atoms with Gasteiger partial charge in [-0.05, 0) is 31.6 Å². The van der Waals surface area contributed by atoms with Crippen LogP contribution in [0.5, 0.6) is 0 Å². The molecular formula is C13H20O3. The number of ether oxygens (including phenoxy) is 2. The van der Waals surface area contributed by atoms with E-state index in [0.29, 0.717) is 18.3 Å². The Morgan fingerprint density at radius 2 is 2.12 bits per heavy atom. The summed E-state index contributed by atoms with van der Waals surface area (Å²) in [4.78, 5) is 12.1. The van der Waals surface area contributed by atoms with Gasteiger partial charge >= 0.3 is 0 Å². The second-order valence-corrected chi connectivity index (χ2v) is 5.64. The lowest BCUT2D eigenvalue weighted by Crippen LogP contribution is -2.42. The van der Waals surface area contributed by atoms with Gasteiger partial charge in [0, 0.05) is 32.0 Å². The number of ketones is 1. The Bertz CT molecular complexity index is 277. The molecule has 3 fully saturated rings. The molecule has 0 aromatic carbocycles. The van der Waals surface area contributed by atoms with Crippen LogP contribution in [0.25, 0.3) is 0 Å². The molecule has 2 unspecified atom stereocenters. The minimum absolute atomic E-state index is 0.109. The molecule has 16 heavy (non-hydrogen) atoms. The van der Waals surface area contributed by atoms with Crippen molar-refractivity contribution in [3.63, 3.8) is 0 Å². The van der Waals surface area contributed by atoms with Crippen LogP contribution in [0.15, 0.2) is 0 Å². The second kappa shape index (κ2) is 4.11. The van der Waals surface area contributed by atoms with Gasteiger partial charge in [-0.2, -0.15) is 0 Å². The van der Waals surface area contributed by atoms with Gasteiger partial charge in [-0.15, -0.1) is 0 Å².